The normalized spacial score (nSPS) is 10.6. The lowest BCUT2D eigenvalue weighted by atomic mass is 10.1. The van der Waals surface area contributed by atoms with Crippen molar-refractivity contribution in [3.05, 3.63) is 47.2 Å². The Morgan fingerprint density at radius 1 is 1.15 bits per heavy atom. The van der Waals surface area contributed by atoms with Gasteiger partial charge in [-0.1, -0.05) is 16.8 Å². The summed E-state index contributed by atoms with van der Waals surface area (Å²) < 4.78 is 15.5. The summed E-state index contributed by atoms with van der Waals surface area (Å²) in [6.45, 7) is 1.93. The summed E-state index contributed by atoms with van der Waals surface area (Å²) in [5.41, 5.74) is 2.07. The van der Waals surface area contributed by atoms with E-state index in [0.717, 1.165) is 10.9 Å². The maximum absolute atomic E-state index is 12.5. The molecule has 8 nitrogen and oxygen atoms in total. The molecular formula is C19H18N2O6. The molecule has 3 rings (SSSR count). The summed E-state index contributed by atoms with van der Waals surface area (Å²) >= 11 is 0. The summed E-state index contributed by atoms with van der Waals surface area (Å²) in [4.78, 5) is 24.0. The molecule has 1 aromatic heterocycles. The molecule has 27 heavy (non-hydrogen) atoms. The molecule has 0 unspecified atom stereocenters. The molecule has 0 fully saturated rings. The second-order valence-electron chi connectivity index (χ2n) is 5.91. The standard InChI is InChI=1S/C19H18N2O6/c1-10-4-5-15-11(6-10)14(21-27-15)9-18(22)20-13-8-17(26-3)16(25-2)7-12(13)19(23)24/h4-8H,9H2,1-3H3,(H,20,22)(H,23,24). The number of nitrogens with zero attached hydrogens (tertiary/aromatic N) is 1. The number of carbonyl (C=O) groups is 2. The highest BCUT2D eigenvalue weighted by Gasteiger charge is 2.19. The summed E-state index contributed by atoms with van der Waals surface area (Å²) in [5.74, 6) is -1.07. The van der Waals surface area contributed by atoms with Gasteiger partial charge in [-0.2, -0.15) is 0 Å². The number of carbonyl (C=O) groups excluding carboxylic acids is 1. The van der Waals surface area contributed by atoms with Gasteiger partial charge in [-0.3, -0.25) is 4.79 Å². The van der Waals surface area contributed by atoms with E-state index in [-0.39, 0.29) is 23.4 Å². The van der Waals surface area contributed by atoms with Gasteiger partial charge in [-0.25, -0.2) is 4.79 Å². The lowest BCUT2D eigenvalue weighted by Crippen LogP contribution is -2.17. The van der Waals surface area contributed by atoms with Gasteiger partial charge in [-0.05, 0) is 19.1 Å². The molecule has 0 saturated carbocycles. The molecule has 8 heteroatoms. The molecule has 1 heterocycles. The average molecular weight is 370 g/mol. The van der Waals surface area contributed by atoms with E-state index in [1.807, 2.05) is 19.1 Å². The van der Waals surface area contributed by atoms with E-state index in [4.69, 9.17) is 14.0 Å². The predicted molar refractivity (Wildman–Crippen MR) is 97.6 cm³/mol. The Morgan fingerprint density at radius 2 is 1.85 bits per heavy atom. The number of anilines is 1. The van der Waals surface area contributed by atoms with Crippen LogP contribution in [0.1, 0.15) is 21.6 Å². The zero-order valence-electron chi connectivity index (χ0n) is 15.0. The van der Waals surface area contributed by atoms with Gasteiger partial charge in [0.25, 0.3) is 0 Å². The second kappa shape index (κ2) is 7.36. The average Bonchev–Trinajstić information content (AvgIpc) is 3.02. The van der Waals surface area contributed by atoms with Crippen LogP contribution in [0.5, 0.6) is 11.5 Å². The number of hydrogen-bond acceptors (Lipinski definition) is 6. The molecule has 1 amide bonds. The molecule has 0 bridgehead atoms. The highest BCUT2D eigenvalue weighted by molar-refractivity contribution is 6.02. The van der Waals surface area contributed by atoms with Gasteiger partial charge in [0, 0.05) is 17.5 Å². The van der Waals surface area contributed by atoms with Crippen molar-refractivity contribution >= 4 is 28.5 Å². The Kier molecular flexibility index (Phi) is 4.98. The van der Waals surface area contributed by atoms with E-state index in [1.54, 1.807) is 6.07 Å². The number of rotatable bonds is 6. The van der Waals surface area contributed by atoms with Crippen LogP contribution in [0.25, 0.3) is 11.0 Å². The lowest BCUT2D eigenvalue weighted by molar-refractivity contribution is -0.115. The maximum atomic E-state index is 12.5. The first kappa shape index (κ1) is 18.2. The molecule has 0 aliphatic heterocycles. The van der Waals surface area contributed by atoms with Gasteiger partial charge < -0.3 is 24.4 Å². The molecule has 0 radical (unpaired) electrons. The molecule has 0 atom stereocenters. The Hall–Kier alpha value is -3.55. The van der Waals surface area contributed by atoms with Crippen molar-refractivity contribution in [3.63, 3.8) is 0 Å². The third-order valence-electron chi connectivity index (χ3n) is 4.06. The molecular weight excluding hydrogens is 352 g/mol. The number of ether oxygens (including phenoxy) is 2. The number of aromatic carboxylic acids is 1. The smallest absolute Gasteiger partial charge is 0.337 e. The van der Waals surface area contributed by atoms with Crippen molar-refractivity contribution in [2.45, 2.75) is 13.3 Å². The Labute approximate surface area is 154 Å². The van der Waals surface area contributed by atoms with Crippen LogP contribution in [0.4, 0.5) is 5.69 Å². The highest BCUT2D eigenvalue weighted by Crippen LogP contribution is 2.33. The van der Waals surface area contributed by atoms with Crippen LogP contribution in [-0.4, -0.2) is 36.4 Å². The lowest BCUT2D eigenvalue weighted by Gasteiger charge is -2.13. The molecule has 0 saturated heterocycles. The van der Waals surface area contributed by atoms with Crippen LogP contribution in [0, 0.1) is 6.92 Å². The summed E-state index contributed by atoms with van der Waals surface area (Å²) in [5, 5.41) is 16.7. The number of hydrogen-bond donors (Lipinski definition) is 2. The van der Waals surface area contributed by atoms with E-state index in [2.05, 4.69) is 10.5 Å². The second-order valence-corrected chi connectivity index (χ2v) is 5.91. The number of nitrogens with one attached hydrogen (secondary N) is 1. The van der Waals surface area contributed by atoms with Crippen LogP contribution in [0.15, 0.2) is 34.9 Å². The van der Waals surface area contributed by atoms with E-state index in [1.165, 1.54) is 26.4 Å². The molecule has 0 aliphatic carbocycles. The van der Waals surface area contributed by atoms with Crippen molar-refractivity contribution < 1.29 is 28.7 Å². The number of methoxy groups -OCH3 is 2. The topological polar surface area (TPSA) is 111 Å². The Bertz CT molecular complexity index is 1020. The number of carboxylic acid groups (broad SMARTS) is 1. The van der Waals surface area contributed by atoms with E-state index >= 15 is 0 Å². The van der Waals surface area contributed by atoms with Gasteiger partial charge in [0.2, 0.25) is 5.91 Å². The minimum Gasteiger partial charge on any atom is -0.493 e. The summed E-state index contributed by atoms with van der Waals surface area (Å²) in [6.07, 6.45) is -0.0656. The predicted octanol–water partition coefficient (Wildman–Crippen LogP) is 3.03. The third kappa shape index (κ3) is 3.69. The molecule has 0 aliphatic rings. The fourth-order valence-electron chi connectivity index (χ4n) is 2.74. The van der Waals surface area contributed by atoms with Crippen LogP contribution in [-0.2, 0) is 11.2 Å². The zero-order valence-corrected chi connectivity index (χ0v) is 15.0. The van der Waals surface area contributed by atoms with Crippen LogP contribution < -0.4 is 14.8 Å². The number of aromatic nitrogens is 1. The van der Waals surface area contributed by atoms with E-state index < -0.39 is 11.9 Å². The summed E-state index contributed by atoms with van der Waals surface area (Å²) in [7, 11) is 2.83. The molecule has 3 aromatic rings. The molecule has 0 spiro atoms. The number of amides is 1. The van der Waals surface area contributed by atoms with Gasteiger partial charge >= 0.3 is 5.97 Å². The van der Waals surface area contributed by atoms with Crippen molar-refractivity contribution in [2.75, 3.05) is 19.5 Å². The first-order valence-electron chi connectivity index (χ1n) is 8.07. The highest BCUT2D eigenvalue weighted by atomic mass is 16.5. The third-order valence-corrected chi connectivity index (χ3v) is 4.06. The first-order valence-corrected chi connectivity index (χ1v) is 8.07. The van der Waals surface area contributed by atoms with Gasteiger partial charge in [-0.15, -0.1) is 0 Å². The molecule has 140 valence electrons. The fraction of sp³-hybridized carbons (Fsp3) is 0.211. The Balaban J connectivity index is 1.88. The molecule has 2 N–H and O–H groups in total. The van der Waals surface area contributed by atoms with Crippen molar-refractivity contribution in [1.82, 2.24) is 5.16 Å². The number of benzene rings is 2. The van der Waals surface area contributed by atoms with Crippen LogP contribution in [0.3, 0.4) is 0 Å². The van der Waals surface area contributed by atoms with Gasteiger partial charge in [0.1, 0.15) is 5.69 Å². The monoisotopic (exact) mass is 370 g/mol. The number of aryl methyl sites for hydroxylation is 1. The largest absolute Gasteiger partial charge is 0.493 e. The zero-order chi connectivity index (χ0) is 19.6. The van der Waals surface area contributed by atoms with Crippen molar-refractivity contribution in [1.29, 1.82) is 0 Å². The van der Waals surface area contributed by atoms with E-state index in [0.29, 0.717) is 17.0 Å². The molecule has 2 aromatic carbocycles. The minimum atomic E-state index is -1.20. The quantitative estimate of drug-likeness (QED) is 0.686. The SMILES string of the molecule is COc1cc(NC(=O)Cc2noc3ccc(C)cc23)c(C(=O)O)cc1OC. The maximum Gasteiger partial charge on any atom is 0.337 e. The van der Waals surface area contributed by atoms with Crippen molar-refractivity contribution in [3.8, 4) is 11.5 Å². The van der Waals surface area contributed by atoms with Crippen LogP contribution >= 0.6 is 0 Å². The van der Waals surface area contributed by atoms with Gasteiger partial charge in [0.15, 0.2) is 17.1 Å². The van der Waals surface area contributed by atoms with E-state index in [9.17, 15) is 14.7 Å². The Morgan fingerprint density at radius 3 is 2.52 bits per heavy atom. The van der Waals surface area contributed by atoms with Gasteiger partial charge in [0.05, 0.1) is 31.9 Å². The number of fused-ring (bicyclic) bond motifs is 1. The first-order chi connectivity index (χ1) is 12.9. The van der Waals surface area contributed by atoms with Crippen molar-refractivity contribution in [2.24, 2.45) is 0 Å². The minimum absolute atomic E-state index is 0.0656. The van der Waals surface area contributed by atoms with Crippen LogP contribution in [0.2, 0.25) is 0 Å². The number of carboxylic acids is 1. The summed E-state index contributed by atoms with van der Waals surface area (Å²) in [6, 6.07) is 8.26. The fourth-order valence-corrected chi connectivity index (χ4v) is 2.74.